The standard InChI is InChI=1S/C12H16ClNO3/c1-3-14(4-2)12(16)17-11-7-5-6-10(13)9(11)8-15/h5-7,15H,3-4,8H2,1-2H3. The molecule has 94 valence electrons. The average molecular weight is 258 g/mol. The lowest BCUT2D eigenvalue weighted by atomic mass is 10.2. The van der Waals surface area contributed by atoms with E-state index in [1.807, 2.05) is 13.8 Å². The molecule has 1 aromatic carbocycles. The van der Waals surface area contributed by atoms with E-state index < -0.39 is 6.09 Å². The van der Waals surface area contributed by atoms with Crippen LogP contribution in [0.2, 0.25) is 5.02 Å². The third kappa shape index (κ3) is 3.35. The highest BCUT2D eigenvalue weighted by atomic mass is 35.5. The van der Waals surface area contributed by atoms with Crippen LogP contribution in [0.1, 0.15) is 19.4 Å². The van der Waals surface area contributed by atoms with Crippen LogP contribution >= 0.6 is 11.6 Å². The first-order chi connectivity index (χ1) is 8.13. The number of hydrogen-bond acceptors (Lipinski definition) is 3. The Morgan fingerprint density at radius 1 is 1.41 bits per heavy atom. The summed E-state index contributed by atoms with van der Waals surface area (Å²) in [5.41, 5.74) is 0.426. The highest BCUT2D eigenvalue weighted by Gasteiger charge is 2.15. The summed E-state index contributed by atoms with van der Waals surface area (Å²) in [7, 11) is 0. The second kappa shape index (κ2) is 6.47. The van der Waals surface area contributed by atoms with Gasteiger partial charge in [0.1, 0.15) is 5.75 Å². The molecular weight excluding hydrogens is 242 g/mol. The zero-order valence-corrected chi connectivity index (χ0v) is 10.7. The van der Waals surface area contributed by atoms with Gasteiger partial charge in [0.2, 0.25) is 0 Å². The van der Waals surface area contributed by atoms with E-state index in [1.54, 1.807) is 23.1 Å². The lowest BCUT2D eigenvalue weighted by Gasteiger charge is -2.19. The normalized spacial score (nSPS) is 10.1. The Kier molecular flexibility index (Phi) is 5.25. The molecule has 0 atom stereocenters. The molecule has 0 aromatic heterocycles. The third-order valence-electron chi connectivity index (χ3n) is 2.45. The molecule has 1 aromatic rings. The number of rotatable bonds is 4. The third-order valence-corrected chi connectivity index (χ3v) is 2.81. The van der Waals surface area contributed by atoms with Gasteiger partial charge in [-0.3, -0.25) is 0 Å². The van der Waals surface area contributed by atoms with Crippen molar-refractivity contribution in [1.82, 2.24) is 4.90 Å². The molecule has 0 aliphatic rings. The number of carbonyl (C=O) groups is 1. The summed E-state index contributed by atoms with van der Waals surface area (Å²) in [6.07, 6.45) is -0.438. The van der Waals surface area contributed by atoms with Gasteiger partial charge in [0.15, 0.2) is 0 Å². The molecule has 0 heterocycles. The molecule has 1 N–H and O–H groups in total. The fourth-order valence-electron chi connectivity index (χ4n) is 1.43. The fraction of sp³-hybridized carbons (Fsp3) is 0.417. The van der Waals surface area contributed by atoms with E-state index in [0.29, 0.717) is 29.4 Å². The van der Waals surface area contributed by atoms with Gasteiger partial charge in [0.25, 0.3) is 0 Å². The van der Waals surface area contributed by atoms with Crippen molar-refractivity contribution in [1.29, 1.82) is 0 Å². The number of carbonyl (C=O) groups excluding carboxylic acids is 1. The number of nitrogens with zero attached hydrogens (tertiary/aromatic N) is 1. The van der Waals surface area contributed by atoms with Crippen LogP contribution in [0, 0.1) is 0 Å². The van der Waals surface area contributed by atoms with Gasteiger partial charge in [-0.1, -0.05) is 17.7 Å². The van der Waals surface area contributed by atoms with E-state index in [1.165, 1.54) is 0 Å². The van der Waals surface area contributed by atoms with Gasteiger partial charge in [-0.15, -0.1) is 0 Å². The largest absolute Gasteiger partial charge is 0.415 e. The molecule has 0 aliphatic heterocycles. The Morgan fingerprint density at radius 3 is 2.59 bits per heavy atom. The molecule has 5 heteroatoms. The Balaban J connectivity index is 2.88. The molecule has 0 radical (unpaired) electrons. The zero-order valence-electron chi connectivity index (χ0n) is 9.94. The first kappa shape index (κ1) is 13.8. The maximum absolute atomic E-state index is 11.7. The van der Waals surface area contributed by atoms with Crippen LogP contribution in [0.5, 0.6) is 5.75 Å². The minimum absolute atomic E-state index is 0.263. The van der Waals surface area contributed by atoms with Crippen molar-refractivity contribution in [3.8, 4) is 5.75 Å². The summed E-state index contributed by atoms with van der Waals surface area (Å²) in [5, 5.41) is 9.56. The zero-order chi connectivity index (χ0) is 12.8. The summed E-state index contributed by atoms with van der Waals surface area (Å²) in [4.78, 5) is 13.3. The van der Waals surface area contributed by atoms with Gasteiger partial charge in [-0.05, 0) is 26.0 Å². The lowest BCUT2D eigenvalue weighted by molar-refractivity contribution is 0.156. The smallest absolute Gasteiger partial charge is 0.410 e. The molecule has 1 amide bonds. The summed E-state index contributed by atoms with van der Waals surface area (Å²) in [6, 6.07) is 4.92. The molecule has 0 fully saturated rings. The van der Waals surface area contributed by atoms with Crippen LogP contribution in [0.4, 0.5) is 4.79 Å². The molecule has 0 saturated carbocycles. The van der Waals surface area contributed by atoms with Gasteiger partial charge >= 0.3 is 6.09 Å². The van der Waals surface area contributed by atoms with Gasteiger partial charge < -0.3 is 14.7 Å². The molecule has 0 bridgehead atoms. The summed E-state index contributed by atoms with van der Waals surface area (Å²) in [6.45, 7) is 4.63. The van der Waals surface area contributed by atoms with E-state index in [9.17, 15) is 9.90 Å². The van der Waals surface area contributed by atoms with Crippen molar-refractivity contribution < 1.29 is 14.6 Å². The Bertz CT molecular complexity index is 391. The van der Waals surface area contributed by atoms with Crippen LogP contribution in [0.3, 0.4) is 0 Å². The number of ether oxygens (including phenoxy) is 1. The summed E-state index contributed by atoms with van der Waals surface area (Å²) >= 11 is 5.90. The van der Waals surface area contributed by atoms with Crippen LogP contribution in [0.15, 0.2) is 18.2 Å². The highest BCUT2D eigenvalue weighted by molar-refractivity contribution is 6.31. The number of aliphatic hydroxyl groups excluding tert-OH is 1. The maximum Gasteiger partial charge on any atom is 0.415 e. The van der Waals surface area contributed by atoms with Crippen molar-refractivity contribution in [3.63, 3.8) is 0 Å². The first-order valence-corrected chi connectivity index (χ1v) is 5.86. The molecule has 17 heavy (non-hydrogen) atoms. The Hall–Kier alpha value is -1.26. The fourth-order valence-corrected chi connectivity index (χ4v) is 1.65. The van der Waals surface area contributed by atoms with Crippen LogP contribution < -0.4 is 4.74 Å². The van der Waals surface area contributed by atoms with Crippen molar-refractivity contribution >= 4 is 17.7 Å². The van der Waals surface area contributed by atoms with Crippen molar-refractivity contribution in [2.24, 2.45) is 0 Å². The Morgan fingerprint density at radius 2 is 2.06 bits per heavy atom. The molecule has 0 aliphatic carbocycles. The minimum atomic E-state index is -0.438. The second-order valence-electron chi connectivity index (χ2n) is 3.41. The summed E-state index contributed by atoms with van der Waals surface area (Å²) in [5.74, 6) is 0.303. The van der Waals surface area contributed by atoms with Crippen LogP contribution in [-0.2, 0) is 6.61 Å². The van der Waals surface area contributed by atoms with Gasteiger partial charge in [-0.25, -0.2) is 4.79 Å². The van der Waals surface area contributed by atoms with E-state index in [-0.39, 0.29) is 6.61 Å². The van der Waals surface area contributed by atoms with Gasteiger partial charge in [0.05, 0.1) is 6.61 Å². The summed E-state index contributed by atoms with van der Waals surface area (Å²) < 4.78 is 5.20. The van der Waals surface area contributed by atoms with E-state index in [2.05, 4.69) is 0 Å². The number of amides is 1. The van der Waals surface area contributed by atoms with E-state index in [0.717, 1.165) is 0 Å². The Labute approximate surface area is 106 Å². The quantitative estimate of drug-likeness (QED) is 0.902. The van der Waals surface area contributed by atoms with Crippen molar-refractivity contribution in [3.05, 3.63) is 28.8 Å². The van der Waals surface area contributed by atoms with Crippen LogP contribution in [-0.4, -0.2) is 29.2 Å². The van der Waals surface area contributed by atoms with Gasteiger partial charge in [0, 0.05) is 23.7 Å². The molecule has 1 rings (SSSR count). The van der Waals surface area contributed by atoms with Crippen LogP contribution in [0.25, 0.3) is 0 Å². The number of aliphatic hydroxyl groups is 1. The second-order valence-corrected chi connectivity index (χ2v) is 3.82. The van der Waals surface area contributed by atoms with Gasteiger partial charge in [-0.2, -0.15) is 0 Å². The number of hydrogen-bond donors (Lipinski definition) is 1. The topological polar surface area (TPSA) is 49.8 Å². The minimum Gasteiger partial charge on any atom is -0.410 e. The SMILES string of the molecule is CCN(CC)C(=O)Oc1cccc(Cl)c1CO. The highest BCUT2D eigenvalue weighted by Crippen LogP contribution is 2.26. The molecule has 4 nitrogen and oxygen atoms in total. The van der Waals surface area contributed by atoms with Crippen molar-refractivity contribution in [2.75, 3.05) is 13.1 Å². The molecule has 0 spiro atoms. The average Bonchev–Trinajstić information content (AvgIpc) is 2.31. The van der Waals surface area contributed by atoms with E-state index >= 15 is 0 Å². The molecular formula is C12H16ClNO3. The predicted molar refractivity (Wildman–Crippen MR) is 66.3 cm³/mol. The first-order valence-electron chi connectivity index (χ1n) is 5.49. The maximum atomic E-state index is 11.7. The van der Waals surface area contributed by atoms with E-state index in [4.69, 9.17) is 16.3 Å². The molecule has 0 saturated heterocycles. The molecule has 0 unspecified atom stereocenters. The predicted octanol–water partition coefficient (Wildman–Crippen LogP) is 2.67. The lowest BCUT2D eigenvalue weighted by Crippen LogP contribution is -2.33. The number of benzene rings is 1. The number of halogens is 1. The monoisotopic (exact) mass is 257 g/mol. The van der Waals surface area contributed by atoms with Crippen molar-refractivity contribution in [2.45, 2.75) is 20.5 Å².